The number of anilines is 1. The van der Waals surface area contributed by atoms with E-state index in [9.17, 15) is 8.78 Å². The number of aromatic nitrogens is 2. The SMILES string of the molecule is Fc1ccc(-c2cc(NC3CCNCC3)nc3c(-c4ccccc4Cl)nccc23)c(F)c1. The normalized spacial score (nSPS) is 14.6. The zero-order chi connectivity index (χ0) is 22.1. The summed E-state index contributed by atoms with van der Waals surface area (Å²) in [5, 5.41) is 8.12. The summed E-state index contributed by atoms with van der Waals surface area (Å²) < 4.78 is 28.4. The van der Waals surface area contributed by atoms with E-state index in [0.717, 1.165) is 42.9 Å². The number of piperidine rings is 1. The largest absolute Gasteiger partial charge is 0.367 e. The molecule has 0 unspecified atom stereocenters. The number of hydrogen-bond acceptors (Lipinski definition) is 4. The van der Waals surface area contributed by atoms with Gasteiger partial charge in [0.1, 0.15) is 17.5 Å². The van der Waals surface area contributed by atoms with Crippen molar-refractivity contribution in [3.63, 3.8) is 0 Å². The van der Waals surface area contributed by atoms with Gasteiger partial charge in [-0.15, -0.1) is 0 Å². The van der Waals surface area contributed by atoms with Gasteiger partial charge in [-0.25, -0.2) is 13.8 Å². The maximum atomic E-state index is 14.8. The van der Waals surface area contributed by atoms with Gasteiger partial charge in [0, 0.05) is 34.8 Å². The zero-order valence-electron chi connectivity index (χ0n) is 17.2. The van der Waals surface area contributed by atoms with Gasteiger partial charge in [0.25, 0.3) is 0 Å². The Morgan fingerprint density at radius 3 is 2.53 bits per heavy atom. The molecule has 5 rings (SSSR count). The molecule has 4 nitrogen and oxygen atoms in total. The third-order valence-electron chi connectivity index (χ3n) is 5.77. The van der Waals surface area contributed by atoms with Crippen LogP contribution in [0, 0.1) is 11.6 Å². The summed E-state index contributed by atoms with van der Waals surface area (Å²) in [6.45, 7) is 1.86. The fourth-order valence-electron chi connectivity index (χ4n) is 4.18. The van der Waals surface area contributed by atoms with E-state index >= 15 is 0 Å². The highest BCUT2D eigenvalue weighted by Gasteiger charge is 2.19. The standard InChI is InChI=1S/C25H21ClF2N4/c26-21-4-2-1-3-19(21)24-25-18(9-12-30-24)20(17-6-5-15(27)13-22(17)28)14-23(32-25)31-16-7-10-29-11-8-16/h1-6,9,12-14,16,29H,7-8,10-11H2,(H,31,32). The molecule has 3 heterocycles. The lowest BCUT2D eigenvalue weighted by Crippen LogP contribution is -2.35. The number of halogens is 3. The Morgan fingerprint density at radius 2 is 1.75 bits per heavy atom. The van der Waals surface area contributed by atoms with Crippen molar-refractivity contribution in [2.75, 3.05) is 18.4 Å². The van der Waals surface area contributed by atoms with Crippen molar-refractivity contribution in [3.05, 3.63) is 77.5 Å². The monoisotopic (exact) mass is 450 g/mol. The van der Waals surface area contributed by atoms with E-state index in [4.69, 9.17) is 16.6 Å². The number of benzene rings is 2. The van der Waals surface area contributed by atoms with Crippen LogP contribution in [0.15, 0.2) is 60.8 Å². The Kier molecular flexibility index (Phi) is 5.72. The fourth-order valence-corrected chi connectivity index (χ4v) is 4.41. The summed E-state index contributed by atoms with van der Waals surface area (Å²) in [4.78, 5) is 9.43. The van der Waals surface area contributed by atoms with Gasteiger partial charge in [0.15, 0.2) is 0 Å². The molecule has 0 radical (unpaired) electrons. The first-order valence-electron chi connectivity index (χ1n) is 10.6. The molecule has 1 saturated heterocycles. The van der Waals surface area contributed by atoms with Crippen LogP contribution >= 0.6 is 11.6 Å². The van der Waals surface area contributed by atoms with Crippen molar-refractivity contribution < 1.29 is 8.78 Å². The van der Waals surface area contributed by atoms with Crippen molar-refractivity contribution in [3.8, 4) is 22.4 Å². The highest BCUT2D eigenvalue weighted by Crippen LogP contribution is 2.37. The fraction of sp³-hybridized carbons (Fsp3) is 0.200. The van der Waals surface area contributed by atoms with Crippen molar-refractivity contribution >= 4 is 28.3 Å². The highest BCUT2D eigenvalue weighted by atomic mass is 35.5. The van der Waals surface area contributed by atoms with E-state index in [2.05, 4.69) is 15.6 Å². The molecule has 1 aliphatic rings. The third kappa shape index (κ3) is 4.04. The average Bonchev–Trinajstić information content (AvgIpc) is 2.80. The van der Waals surface area contributed by atoms with Gasteiger partial charge in [0.05, 0.1) is 16.2 Å². The van der Waals surface area contributed by atoms with Crippen molar-refractivity contribution in [2.45, 2.75) is 18.9 Å². The van der Waals surface area contributed by atoms with Crippen LogP contribution < -0.4 is 10.6 Å². The molecule has 0 amide bonds. The average molecular weight is 451 g/mol. The first-order chi connectivity index (χ1) is 15.6. The van der Waals surface area contributed by atoms with E-state index in [1.807, 2.05) is 24.3 Å². The maximum absolute atomic E-state index is 14.8. The summed E-state index contributed by atoms with van der Waals surface area (Å²) in [5.41, 5.74) is 2.91. The lowest BCUT2D eigenvalue weighted by atomic mass is 9.98. The second kappa shape index (κ2) is 8.81. The van der Waals surface area contributed by atoms with Crippen LogP contribution in [0.5, 0.6) is 0 Å². The minimum absolute atomic E-state index is 0.257. The smallest absolute Gasteiger partial charge is 0.133 e. The number of hydrogen-bond donors (Lipinski definition) is 2. The van der Waals surface area contributed by atoms with Gasteiger partial charge in [-0.1, -0.05) is 29.8 Å². The van der Waals surface area contributed by atoms with Crippen LogP contribution in [0.25, 0.3) is 33.3 Å². The molecule has 0 saturated carbocycles. The molecule has 4 aromatic rings. The molecular formula is C25H21ClF2N4. The molecule has 2 aromatic carbocycles. The lowest BCUT2D eigenvalue weighted by Gasteiger charge is -2.25. The van der Waals surface area contributed by atoms with E-state index in [-0.39, 0.29) is 6.04 Å². The van der Waals surface area contributed by atoms with Crippen molar-refractivity contribution in [1.29, 1.82) is 0 Å². The Balaban J connectivity index is 1.74. The quantitative estimate of drug-likeness (QED) is 0.397. The Hall–Kier alpha value is -3.09. The molecule has 7 heteroatoms. The maximum Gasteiger partial charge on any atom is 0.133 e. The second-order valence-electron chi connectivity index (χ2n) is 7.88. The summed E-state index contributed by atoms with van der Waals surface area (Å²) in [6, 6.07) is 14.9. The first kappa shape index (κ1) is 20.8. The van der Waals surface area contributed by atoms with Gasteiger partial charge in [-0.2, -0.15) is 0 Å². The van der Waals surface area contributed by atoms with Gasteiger partial charge < -0.3 is 10.6 Å². The van der Waals surface area contributed by atoms with Crippen LogP contribution in [0.1, 0.15) is 12.8 Å². The summed E-state index contributed by atoms with van der Waals surface area (Å²) >= 11 is 6.46. The van der Waals surface area contributed by atoms with Gasteiger partial charge in [-0.05, 0) is 61.8 Å². The van der Waals surface area contributed by atoms with Gasteiger partial charge in [-0.3, -0.25) is 4.98 Å². The number of pyridine rings is 2. The van der Waals surface area contributed by atoms with Crippen LogP contribution in [0.2, 0.25) is 5.02 Å². The van der Waals surface area contributed by atoms with Gasteiger partial charge >= 0.3 is 0 Å². The van der Waals surface area contributed by atoms with Crippen LogP contribution in [-0.4, -0.2) is 29.1 Å². The van der Waals surface area contributed by atoms with E-state index < -0.39 is 11.6 Å². The molecule has 162 valence electrons. The van der Waals surface area contributed by atoms with Crippen molar-refractivity contribution in [1.82, 2.24) is 15.3 Å². The molecule has 0 bridgehead atoms. The van der Waals surface area contributed by atoms with Crippen molar-refractivity contribution in [2.24, 2.45) is 0 Å². The lowest BCUT2D eigenvalue weighted by molar-refractivity contribution is 0.478. The van der Waals surface area contributed by atoms with E-state index in [1.54, 1.807) is 18.3 Å². The minimum Gasteiger partial charge on any atom is -0.367 e. The van der Waals surface area contributed by atoms with E-state index in [1.165, 1.54) is 12.1 Å². The molecule has 32 heavy (non-hydrogen) atoms. The Labute approximate surface area is 189 Å². The molecular weight excluding hydrogens is 430 g/mol. The summed E-state index contributed by atoms with van der Waals surface area (Å²) in [5.74, 6) is -0.609. The molecule has 2 N–H and O–H groups in total. The summed E-state index contributed by atoms with van der Waals surface area (Å²) in [7, 11) is 0. The molecule has 2 aromatic heterocycles. The summed E-state index contributed by atoms with van der Waals surface area (Å²) in [6.07, 6.45) is 3.59. The second-order valence-corrected chi connectivity index (χ2v) is 8.29. The van der Waals surface area contributed by atoms with Crippen LogP contribution in [0.4, 0.5) is 14.6 Å². The molecule has 0 aliphatic carbocycles. The molecule has 1 aliphatic heterocycles. The highest BCUT2D eigenvalue weighted by molar-refractivity contribution is 6.33. The topological polar surface area (TPSA) is 49.8 Å². The van der Waals surface area contributed by atoms with Crippen LogP contribution in [0.3, 0.4) is 0 Å². The molecule has 0 spiro atoms. The Morgan fingerprint density at radius 1 is 0.938 bits per heavy atom. The number of fused-ring (bicyclic) bond motifs is 1. The predicted octanol–water partition coefficient (Wildman–Crippen LogP) is 6.06. The number of nitrogens with zero attached hydrogens (tertiary/aromatic N) is 2. The third-order valence-corrected chi connectivity index (χ3v) is 6.10. The van der Waals surface area contributed by atoms with Gasteiger partial charge in [0.2, 0.25) is 0 Å². The van der Waals surface area contributed by atoms with Crippen LogP contribution in [-0.2, 0) is 0 Å². The minimum atomic E-state index is -0.624. The number of rotatable bonds is 4. The first-order valence-corrected chi connectivity index (χ1v) is 11.0. The van der Waals surface area contributed by atoms with E-state index in [0.29, 0.717) is 33.2 Å². The molecule has 0 atom stereocenters. The molecule has 1 fully saturated rings. The zero-order valence-corrected chi connectivity index (χ0v) is 18.0. The number of nitrogens with one attached hydrogen (secondary N) is 2. The predicted molar refractivity (Wildman–Crippen MR) is 125 cm³/mol. The Bertz CT molecular complexity index is 1290.